The van der Waals surface area contributed by atoms with Crippen molar-refractivity contribution in [1.82, 2.24) is 24.8 Å². The van der Waals surface area contributed by atoms with E-state index in [9.17, 15) is 20.1 Å². The number of anilines is 2. The smallest absolute Gasteiger partial charge is 0.246 e. The minimum atomic E-state index is -1.53. The molecule has 2 aromatic carbocycles. The molecule has 2 fully saturated rings. The quantitative estimate of drug-likeness (QED) is 0.137. The summed E-state index contributed by atoms with van der Waals surface area (Å²) in [5.41, 5.74) is 6.59. The van der Waals surface area contributed by atoms with Crippen LogP contribution in [0.25, 0.3) is 11.2 Å². The SMILES string of the molecule is NC1CCN(c2nc(NCC(O)(c3ccc(Cl)cc3)c3ccc(Cl)cc3)c3ncn([C@@H]4C[C@H](NC(=O)CO)[C@@H](O)[C@H]4O)c3n2)C1. The molecule has 0 spiro atoms. The molecule has 1 aliphatic heterocycles. The maximum Gasteiger partial charge on any atom is 0.246 e. The van der Waals surface area contributed by atoms with Crippen LogP contribution in [0.15, 0.2) is 54.9 Å². The van der Waals surface area contributed by atoms with Crippen molar-refractivity contribution in [3.63, 3.8) is 0 Å². The predicted molar refractivity (Wildman–Crippen MR) is 169 cm³/mol. The van der Waals surface area contributed by atoms with E-state index >= 15 is 0 Å². The minimum Gasteiger partial charge on any atom is -0.388 e. The zero-order valence-electron chi connectivity index (χ0n) is 24.1. The molecular weight excluding hydrogens is 623 g/mol. The van der Waals surface area contributed by atoms with Gasteiger partial charge in [0.05, 0.1) is 25.0 Å². The number of nitrogens with one attached hydrogen (secondary N) is 2. The summed E-state index contributed by atoms with van der Waals surface area (Å²) in [6, 6.07) is 12.3. The average Bonchev–Trinajstić information content (AvgIpc) is 3.74. The van der Waals surface area contributed by atoms with Crippen LogP contribution in [-0.2, 0) is 10.4 Å². The number of nitrogens with two attached hydrogens (primary N) is 1. The number of fused-ring (bicyclic) bond motifs is 1. The van der Waals surface area contributed by atoms with Gasteiger partial charge in [0.15, 0.2) is 17.0 Å². The van der Waals surface area contributed by atoms with Gasteiger partial charge in [-0.3, -0.25) is 4.79 Å². The molecule has 1 aliphatic carbocycles. The summed E-state index contributed by atoms with van der Waals surface area (Å²) in [6.07, 6.45) is -0.0847. The van der Waals surface area contributed by atoms with Gasteiger partial charge in [0.2, 0.25) is 11.9 Å². The second-order valence-electron chi connectivity index (χ2n) is 11.5. The molecule has 1 saturated heterocycles. The number of hydrogen-bond acceptors (Lipinski definition) is 11. The first-order valence-electron chi connectivity index (χ1n) is 14.6. The Bertz CT molecular complexity index is 1630. The molecule has 45 heavy (non-hydrogen) atoms. The standard InChI is InChI=1S/C30H34Cl2N8O5/c31-18-5-1-16(2-6-18)30(45,17-3-7-19(32)8-4-17)14-34-27-24-28(38-29(37-27)39-10-9-20(33)12-39)40(15-35-24)22-11-21(25(43)26(22)44)36-23(42)13-41/h1-8,15,20-22,25-26,41,43-45H,9-14,33H2,(H,36,42)(H,34,37,38)/t20?,21-,22+,25+,26-/m0/s1. The van der Waals surface area contributed by atoms with Crippen LogP contribution < -0.4 is 21.3 Å². The van der Waals surface area contributed by atoms with E-state index in [2.05, 4.69) is 15.6 Å². The molecule has 5 atom stereocenters. The molecule has 0 radical (unpaired) electrons. The molecule has 1 unspecified atom stereocenters. The molecule has 6 rings (SSSR count). The number of aromatic nitrogens is 4. The number of amides is 1. The van der Waals surface area contributed by atoms with Crippen molar-refractivity contribution in [2.75, 3.05) is 36.5 Å². The number of imidazole rings is 1. The van der Waals surface area contributed by atoms with Crippen LogP contribution >= 0.6 is 23.2 Å². The van der Waals surface area contributed by atoms with Crippen LogP contribution in [-0.4, -0.2) is 96.4 Å². The molecule has 0 bridgehead atoms. The zero-order chi connectivity index (χ0) is 31.9. The van der Waals surface area contributed by atoms with E-state index < -0.39 is 42.4 Å². The van der Waals surface area contributed by atoms with E-state index in [0.717, 1.165) is 6.42 Å². The van der Waals surface area contributed by atoms with E-state index in [1.807, 2.05) is 4.90 Å². The first kappa shape index (κ1) is 31.4. The van der Waals surface area contributed by atoms with Crippen LogP contribution in [0.5, 0.6) is 0 Å². The highest BCUT2D eigenvalue weighted by Gasteiger charge is 2.44. The van der Waals surface area contributed by atoms with Gasteiger partial charge in [-0.2, -0.15) is 9.97 Å². The number of rotatable bonds is 9. The Kier molecular flexibility index (Phi) is 8.85. The summed E-state index contributed by atoms with van der Waals surface area (Å²) in [6.45, 7) is 0.423. The van der Waals surface area contributed by atoms with E-state index in [4.69, 9.17) is 44.0 Å². The van der Waals surface area contributed by atoms with Crippen LogP contribution in [0.1, 0.15) is 30.0 Å². The topological polar surface area (TPSA) is 195 Å². The number of carbonyl (C=O) groups is 1. The molecule has 1 amide bonds. The van der Waals surface area contributed by atoms with Crippen LogP contribution in [0.2, 0.25) is 10.0 Å². The van der Waals surface area contributed by atoms with Gasteiger partial charge in [-0.05, 0) is 48.2 Å². The minimum absolute atomic E-state index is 0.0196. The molecule has 2 aromatic heterocycles. The number of hydrogen-bond donors (Lipinski definition) is 7. The van der Waals surface area contributed by atoms with Crippen molar-refractivity contribution in [3.05, 3.63) is 76.0 Å². The van der Waals surface area contributed by atoms with Crippen LogP contribution in [0.4, 0.5) is 11.8 Å². The lowest BCUT2D eigenvalue weighted by Gasteiger charge is -2.30. The lowest BCUT2D eigenvalue weighted by molar-refractivity contribution is -0.125. The van der Waals surface area contributed by atoms with Crippen LogP contribution in [0.3, 0.4) is 0 Å². The normalized spacial score (nSPS) is 23.5. The fourth-order valence-electron chi connectivity index (χ4n) is 6.09. The van der Waals surface area contributed by atoms with Gasteiger partial charge >= 0.3 is 0 Å². The van der Waals surface area contributed by atoms with E-state index in [-0.39, 0.29) is 19.0 Å². The first-order valence-corrected chi connectivity index (χ1v) is 15.3. The Morgan fingerprint density at radius 3 is 2.24 bits per heavy atom. The molecular formula is C30H34Cl2N8O5. The molecule has 8 N–H and O–H groups in total. The summed E-state index contributed by atoms with van der Waals surface area (Å²) in [5.74, 6) is 0.0749. The fraction of sp³-hybridized carbons (Fsp3) is 0.400. The van der Waals surface area contributed by atoms with Gasteiger partial charge in [0.1, 0.15) is 24.4 Å². The highest BCUT2D eigenvalue weighted by atomic mass is 35.5. The summed E-state index contributed by atoms with van der Waals surface area (Å²) >= 11 is 12.3. The van der Waals surface area contributed by atoms with E-state index in [1.54, 1.807) is 53.1 Å². The van der Waals surface area contributed by atoms with Crippen molar-refractivity contribution in [2.45, 2.75) is 48.8 Å². The van der Waals surface area contributed by atoms with E-state index in [0.29, 0.717) is 57.2 Å². The second-order valence-corrected chi connectivity index (χ2v) is 12.4. The highest BCUT2D eigenvalue weighted by molar-refractivity contribution is 6.30. The van der Waals surface area contributed by atoms with Crippen molar-refractivity contribution in [1.29, 1.82) is 0 Å². The number of aliphatic hydroxyl groups excluding tert-OH is 3. The monoisotopic (exact) mass is 656 g/mol. The van der Waals surface area contributed by atoms with Gasteiger partial charge in [-0.15, -0.1) is 0 Å². The number of halogens is 2. The number of carbonyl (C=O) groups excluding carboxylic acids is 1. The maximum atomic E-state index is 12.2. The van der Waals surface area contributed by atoms with Gasteiger partial charge < -0.3 is 46.3 Å². The Hall–Kier alpha value is -3.56. The summed E-state index contributed by atoms with van der Waals surface area (Å²) in [4.78, 5) is 28.0. The van der Waals surface area contributed by atoms with Crippen molar-refractivity contribution < 1.29 is 25.2 Å². The number of aliphatic hydroxyl groups is 4. The van der Waals surface area contributed by atoms with Crippen molar-refractivity contribution >= 4 is 52.0 Å². The molecule has 3 heterocycles. The number of nitrogens with zero attached hydrogens (tertiary/aromatic N) is 5. The van der Waals surface area contributed by atoms with Crippen molar-refractivity contribution in [2.24, 2.45) is 5.73 Å². The lowest BCUT2D eigenvalue weighted by Crippen LogP contribution is -2.44. The Morgan fingerprint density at radius 1 is 1.02 bits per heavy atom. The molecule has 15 heteroatoms. The first-order chi connectivity index (χ1) is 21.6. The van der Waals surface area contributed by atoms with Gasteiger partial charge in [-0.1, -0.05) is 47.5 Å². The molecule has 2 aliphatic rings. The molecule has 238 valence electrons. The largest absolute Gasteiger partial charge is 0.388 e. The van der Waals surface area contributed by atoms with E-state index in [1.165, 1.54) is 6.33 Å². The van der Waals surface area contributed by atoms with Gasteiger partial charge in [0.25, 0.3) is 0 Å². The summed E-state index contributed by atoms with van der Waals surface area (Å²) in [5, 5.41) is 49.9. The molecule has 4 aromatic rings. The third-order valence-electron chi connectivity index (χ3n) is 8.57. The predicted octanol–water partition coefficient (Wildman–Crippen LogP) is 1.16. The Labute approximate surface area is 268 Å². The van der Waals surface area contributed by atoms with Gasteiger partial charge in [0, 0.05) is 29.2 Å². The maximum absolute atomic E-state index is 12.2. The third-order valence-corrected chi connectivity index (χ3v) is 9.08. The lowest BCUT2D eigenvalue weighted by atomic mass is 9.86. The number of benzene rings is 2. The average molecular weight is 658 g/mol. The Morgan fingerprint density at radius 2 is 1.67 bits per heavy atom. The highest BCUT2D eigenvalue weighted by Crippen LogP contribution is 2.36. The molecule has 1 saturated carbocycles. The summed E-state index contributed by atoms with van der Waals surface area (Å²) < 4.78 is 1.66. The Balaban J connectivity index is 1.39. The summed E-state index contributed by atoms with van der Waals surface area (Å²) in [7, 11) is 0. The molecule has 13 nitrogen and oxygen atoms in total. The third kappa shape index (κ3) is 6.17. The van der Waals surface area contributed by atoms with Crippen molar-refractivity contribution in [3.8, 4) is 0 Å². The fourth-order valence-corrected chi connectivity index (χ4v) is 6.35. The zero-order valence-corrected chi connectivity index (χ0v) is 25.6. The van der Waals surface area contributed by atoms with Crippen LogP contribution in [0, 0.1) is 0 Å². The van der Waals surface area contributed by atoms with Gasteiger partial charge in [-0.25, -0.2) is 4.98 Å². The second kappa shape index (κ2) is 12.7.